The van der Waals surface area contributed by atoms with Crippen molar-refractivity contribution in [2.75, 3.05) is 78.5 Å². The summed E-state index contributed by atoms with van der Waals surface area (Å²) in [6.07, 6.45) is 1.72. The van der Waals surface area contributed by atoms with Crippen molar-refractivity contribution in [3.8, 4) is 0 Å². The molecular weight excluding hydrogens is 634 g/mol. The van der Waals surface area contributed by atoms with Crippen molar-refractivity contribution in [1.82, 2.24) is 35.2 Å². The van der Waals surface area contributed by atoms with Crippen molar-refractivity contribution in [2.24, 2.45) is 0 Å². The Labute approximate surface area is 284 Å². The van der Waals surface area contributed by atoms with E-state index in [1.54, 1.807) is 45.2 Å². The highest BCUT2D eigenvalue weighted by molar-refractivity contribution is 5.94. The largest absolute Gasteiger partial charge is 0.480 e. The summed E-state index contributed by atoms with van der Waals surface area (Å²) in [4.78, 5) is 71.5. The van der Waals surface area contributed by atoms with Crippen molar-refractivity contribution in [3.63, 3.8) is 0 Å². The van der Waals surface area contributed by atoms with Crippen LogP contribution in [0.4, 0.5) is 0 Å². The first-order valence-electron chi connectivity index (χ1n) is 16.1. The van der Waals surface area contributed by atoms with Crippen LogP contribution in [0.5, 0.6) is 0 Å². The molecule has 15 nitrogen and oxygen atoms in total. The molecule has 1 fully saturated rings. The summed E-state index contributed by atoms with van der Waals surface area (Å²) in [6.45, 7) is 2.31. The highest BCUT2D eigenvalue weighted by atomic mass is 16.4. The van der Waals surface area contributed by atoms with Crippen LogP contribution in [0.1, 0.15) is 21.6 Å². The fourth-order valence-electron chi connectivity index (χ4n) is 5.61. The Hall–Kier alpha value is -4.96. The van der Waals surface area contributed by atoms with Gasteiger partial charge in [0.05, 0.1) is 38.4 Å². The molecule has 0 saturated carbocycles. The van der Waals surface area contributed by atoms with Crippen molar-refractivity contribution in [3.05, 3.63) is 77.6 Å². The molecule has 3 aromatic rings. The normalized spacial score (nSPS) is 15.9. The van der Waals surface area contributed by atoms with E-state index in [1.807, 2.05) is 35.2 Å². The minimum Gasteiger partial charge on any atom is -0.480 e. The molecule has 49 heavy (non-hydrogen) atoms. The van der Waals surface area contributed by atoms with Gasteiger partial charge in [-0.25, -0.2) is 0 Å². The molecule has 2 heterocycles. The molecule has 0 bridgehead atoms. The van der Waals surface area contributed by atoms with Crippen LogP contribution in [0.15, 0.2) is 60.8 Å². The van der Waals surface area contributed by atoms with Gasteiger partial charge in [-0.1, -0.05) is 36.4 Å². The van der Waals surface area contributed by atoms with Crippen molar-refractivity contribution in [1.29, 1.82) is 0 Å². The second-order valence-electron chi connectivity index (χ2n) is 11.9. The molecule has 1 saturated heterocycles. The summed E-state index contributed by atoms with van der Waals surface area (Å²) in [7, 11) is 0. The first-order valence-corrected chi connectivity index (χ1v) is 16.1. The van der Waals surface area contributed by atoms with Gasteiger partial charge in [0.25, 0.3) is 5.91 Å². The molecule has 5 N–H and O–H groups in total. The van der Waals surface area contributed by atoms with Gasteiger partial charge in [0, 0.05) is 76.0 Å². The number of pyridine rings is 1. The maximum absolute atomic E-state index is 13.0. The lowest BCUT2D eigenvalue weighted by molar-refractivity contribution is -0.140. The molecule has 0 spiro atoms. The van der Waals surface area contributed by atoms with Gasteiger partial charge in [-0.15, -0.1) is 0 Å². The third-order valence-electron chi connectivity index (χ3n) is 8.25. The van der Waals surface area contributed by atoms with E-state index in [2.05, 4.69) is 15.6 Å². The summed E-state index contributed by atoms with van der Waals surface area (Å²) in [6, 6.07) is 16.7. The number of carboxylic acids is 3. The van der Waals surface area contributed by atoms with Crippen LogP contribution in [-0.4, -0.2) is 148 Å². The Bertz CT molecular complexity index is 1570. The summed E-state index contributed by atoms with van der Waals surface area (Å²) >= 11 is 0. The number of amides is 2. The SMILES string of the molecule is O=C(O)CN1CCN(CC(=O)O)CCN(CC(=O)NCc2ccc(C(=O)NCc3nccc4ccccc34)cc2)CCN(CC(=O)O)CC1. The molecule has 0 radical (unpaired) electrons. The molecule has 1 aromatic heterocycles. The Morgan fingerprint density at radius 2 is 1.08 bits per heavy atom. The molecule has 0 aliphatic carbocycles. The standard InChI is InChI=1S/C34H43N7O8/c42-30(36-19-25-5-7-27(8-6-25)34(49)37-20-29-28-4-2-1-3-26(28)9-10-35-29)21-38-11-13-39(22-31(43)44)15-17-41(24-33(47)48)18-16-40(14-12-38)23-32(45)46/h1-10H,11-24H2,(H,36,42)(H,37,49)(H,43,44)(H,45,46)(H,47,48). The van der Waals surface area contributed by atoms with E-state index >= 15 is 0 Å². The van der Waals surface area contributed by atoms with E-state index < -0.39 is 17.9 Å². The summed E-state index contributed by atoms with van der Waals surface area (Å²) < 4.78 is 0. The number of carboxylic acid groups (broad SMARTS) is 3. The average Bonchev–Trinajstić information content (AvgIpc) is 3.07. The number of hydrogen-bond donors (Lipinski definition) is 5. The maximum Gasteiger partial charge on any atom is 0.317 e. The van der Waals surface area contributed by atoms with Crippen LogP contribution in [-0.2, 0) is 32.3 Å². The van der Waals surface area contributed by atoms with Gasteiger partial charge in [-0.3, -0.25) is 48.6 Å². The molecule has 4 rings (SSSR count). The van der Waals surface area contributed by atoms with E-state index in [9.17, 15) is 39.3 Å². The summed E-state index contributed by atoms with van der Waals surface area (Å²) in [5.41, 5.74) is 2.03. The monoisotopic (exact) mass is 677 g/mol. The number of aromatic nitrogens is 1. The molecule has 1 aliphatic heterocycles. The van der Waals surface area contributed by atoms with Gasteiger partial charge < -0.3 is 26.0 Å². The molecule has 0 unspecified atom stereocenters. The van der Waals surface area contributed by atoms with E-state index in [4.69, 9.17) is 0 Å². The smallest absolute Gasteiger partial charge is 0.317 e. The predicted octanol–water partition coefficient (Wildman–Crippen LogP) is 0.256. The van der Waals surface area contributed by atoms with E-state index in [-0.39, 0.29) is 51.1 Å². The second kappa shape index (κ2) is 18.5. The highest BCUT2D eigenvalue weighted by Gasteiger charge is 2.21. The van der Waals surface area contributed by atoms with E-state index in [1.165, 1.54) is 0 Å². The number of nitrogens with one attached hydrogen (secondary N) is 2. The highest BCUT2D eigenvalue weighted by Crippen LogP contribution is 2.16. The molecule has 2 aromatic carbocycles. The third kappa shape index (κ3) is 12.5. The van der Waals surface area contributed by atoms with Gasteiger partial charge in [0.1, 0.15) is 0 Å². The minimum absolute atomic E-state index is 0.00958. The molecule has 0 atom stereocenters. The van der Waals surface area contributed by atoms with Crippen molar-refractivity contribution >= 4 is 40.5 Å². The zero-order valence-electron chi connectivity index (χ0n) is 27.3. The fourth-order valence-corrected chi connectivity index (χ4v) is 5.61. The number of fused-ring (bicyclic) bond motifs is 1. The van der Waals surface area contributed by atoms with Crippen LogP contribution < -0.4 is 10.6 Å². The Morgan fingerprint density at radius 3 is 1.59 bits per heavy atom. The number of nitrogens with zero attached hydrogens (tertiary/aromatic N) is 5. The van der Waals surface area contributed by atoms with Crippen molar-refractivity contribution < 1.29 is 39.3 Å². The Kier molecular flexibility index (Phi) is 14.0. The Balaban J connectivity index is 1.31. The van der Waals surface area contributed by atoms with Gasteiger partial charge >= 0.3 is 17.9 Å². The van der Waals surface area contributed by atoms with E-state index in [0.29, 0.717) is 57.9 Å². The molecule has 2 amide bonds. The van der Waals surface area contributed by atoms with Crippen LogP contribution in [0.2, 0.25) is 0 Å². The zero-order valence-corrected chi connectivity index (χ0v) is 27.3. The number of rotatable bonds is 13. The number of carbonyl (C=O) groups excluding carboxylic acids is 2. The third-order valence-corrected chi connectivity index (χ3v) is 8.25. The van der Waals surface area contributed by atoms with Crippen LogP contribution in [0, 0.1) is 0 Å². The maximum atomic E-state index is 13.0. The molecule has 262 valence electrons. The number of hydrogen-bond acceptors (Lipinski definition) is 10. The quantitative estimate of drug-likeness (QED) is 0.165. The lowest BCUT2D eigenvalue weighted by Gasteiger charge is -2.32. The molecule has 1 aliphatic rings. The summed E-state index contributed by atoms with van der Waals surface area (Å²) in [5.74, 6) is -3.56. The lowest BCUT2D eigenvalue weighted by atomic mass is 10.1. The van der Waals surface area contributed by atoms with Gasteiger partial charge in [-0.2, -0.15) is 0 Å². The predicted molar refractivity (Wildman–Crippen MR) is 180 cm³/mol. The molecule has 15 heteroatoms. The topological polar surface area (TPSA) is 196 Å². The second-order valence-corrected chi connectivity index (χ2v) is 11.9. The van der Waals surface area contributed by atoms with E-state index in [0.717, 1.165) is 22.0 Å². The van der Waals surface area contributed by atoms with Gasteiger partial charge in [0.2, 0.25) is 5.91 Å². The zero-order chi connectivity index (χ0) is 35.2. The van der Waals surface area contributed by atoms with Crippen molar-refractivity contribution in [2.45, 2.75) is 13.1 Å². The van der Waals surface area contributed by atoms with Gasteiger partial charge in [-0.05, 0) is 29.1 Å². The minimum atomic E-state index is -1.02. The number of aliphatic carboxylic acids is 3. The average molecular weight is 678 g/mol. The summed E-state index contributed by atoms with van der Waals surface area (Å²) in [5, 5.41) is 36.0. The number of benzene rings is 2. The molecular formula is C34H43N7O8. The fraction of sp³-hybridized carbons (Fsp3) is 0.412. The van der Waals surface area contributed by atoms with Crippen LogP contribution in [0.3, 0.4) is 0 Å². The lowest BCUT2D eigenvalue weighted by Crippen LogP contribution is -2.49. The first kappa shape index (κ1) is 36.9. The van der Waals surface area contributed by atoms with Crippen LogP contribution >= 0.6 is 0 Å². The van der Waals surface area contributed by atoms with Gasteiger partial charge in [0.15, 0.2) is 0 Å². The van der Waals surface area contributed by atoms with Crippen LogP contribution in [0.25, 0.3) is 10.8 Å². The first-order chi connectivity index (χ1) is 23.5. The number of carbonyl (C=O) groups is 5. The Morgan fingerprint density at radius 1 is 0.592 bits per heavy atom.